The molecule has 0 aromatic carbocycles. The lowest BCUT2D eigenvalue weighted by Crippen LogP contribution is -2.05. The van der Waals surface area contributed by atoms with Crippen molar-refractivity contribution < 1.29 is 14.6 Å². The van der Waals surface area contributed by atoms with E-state index in [2.05, 4.69) is 9.97 Å². The van der Waals surface area contributed by atoms with E-state index in [1.165, 1.54) is 11.8 Å². The van der Waals surface area contributed by atoms with E-state index in [-0.39, 0.29) is 5.56 Å². The molecule has 104 valence electrons. The molecule has 0 radical (unpaired) electrons. The predicted molar refractivity (Wildman–Crippen MR) is 75.6 cm³/mol. The average molecular weight is 290 g/mol. The molecular weight excluding hydrogens is 276 g/mol. The molecule has 0 fully saturated rings. The Balaban J connectivity index is 2.50. The highest BCUT2D eigenvalue weighted by atomic mass is 32.2. The number of hydrogen-bond donors (Lipinski definition) is 1. The van der Waals surface area contributed by atoms with Crippen LogP contribution in [0.15, 0.2) is 34.4 Å². The van der Waals surface area contributed by atoms with Crippen molar-refractivity contribution in [3.63, 3.8) is 0 Å². The number of rotatable bonds is 4. The zero-order chi connectivity index (χ0) is 14.7. The van der Waals surface area contributed by atoms with Crippen LogP contribution in [0.4, 0.5) is 0 Å². The summed E-state index contributed by atoms with van der Waals surface area (Å²) in [6.07, 6.45) is 1.63. The molecule has 0 aliphatic rings. The summed E-state index contributed by atoms with van der Waals surface area (Å²) in [7, 11) is 1.55. The number of carboxylic acid groups (broad SMARTS) is 1. The molecule has 0 saturated heterocycles. The highest BCUT2D eigenvalue weighted by Crippen LogP contribution is 2.34. The van der Waals surface area contributed by atoms with Gasteiger partial charge in [-0.3, -0.25) is 0 Å². The van der Waals surface area contributed by atoms with Gasteiger partial charge in [0.25, 0.3) is 0 Å². The topological polar surface area (TPSA) is 72.3 Å². The molecule has 6 heteroatoms. The Labute approximate surface area is 121 Å². The van der Waals surface area contributed by atoms with Crippen LogP contribution in [0, 0.1) is 13.8 Å². The molecule has 0 saturated carbocycles. The molecule has 20 heavy (non-hydrogen) atoms. The quantitative estimate of drug-likeness (QED) is 0.933. The third-order valence-electron chi connectivity index (χ3n) is 2.67. The summed E-state index contributed by atoms with van der Waals surface area (Å²) < 4.78 is 5.22. The van der Waals surface area contributed by atoms with Gasteiger partial charge in [-0.1, -0.05) is 0 Å². The van der Waals surface area contributed by atoms with Gasteiger partial charge in [0.2, 0.25) is 0 Å². The van der Waals surface area contributed by atoms with Crippen molar-refractivity contribution in [2.75, 3.05) is 7.11 Å². The number of aromatic nitrogens is 2. The molecule has 0 amide bonds. The zero-order valence-corrected chi connectivity index (χ0v) is 12.2. The minimum Gasteiger partial charge on any atom is -0.494 e. The van der Waals surface area contributed by atoms with Crippen LogP contribution in [0.3, 0.4) is 0 Å². The minimum atomic E-state index is -0.993. The third kappa shape index (κ3) is 2.91. The first-order chi connectivity index (χ1) is 9.52. The largest absolute Gasteiger partial charge is 0.494 e. The maximum atomic E-state index is 11.4. The van der Waals surface area contributed by atoms with Crippen LogP contribution in [0.25, 0.3) is 0 Å². The molecule has 1 N–H and O–H groups in total. The van der Waals surface area contributed by atoms with Gasteiger partial charge in [-0.2, -0.15) is 0 Å². The van der Waals surface area contributed by atoms with Gasteiger partial charge in [-0.15, -0.1) is 0 Å². The lowest BCUT2D eigenvalue weighted by Gasteiger charge is -2.10. The fourth-order valence-corrected chi connectivity index (χ4v) is 2.92. The zero-order valence-electron chi connectivity index (χ0n) is 11.4. The van der Waals surface area contributed by atoms with Crippen molar-refractivity contribution in [3.05, 3.63) is 41.2 Å². The van der Waals surface area contributed by atoms with Crippen molar-refractivity contribution in [1.29, 1.82) is 0 Å². The van der Waals surface area contributed by atoms with Crippen LogP contribution in [0.2, 0.25) is 0 Å². The molecule has 2 heterocycles. The maximum Gasteiger partial charge on any atom is 0.338 e. The summed E-state index contributed by atoms with van der Waals surface area (Å²) in [4.78, 5) is 19.9. The fraction of sp³-hybridized carbons (Fsp3) is 0.214. The average Bonchev–Trinajstić information content (AvgIpc) is 2.38. The Morgan fingerprint density at radius 2 is 2.10 bits per heavy atom. The first-order valence-corrected chi connectivity index (χ1v) is 6.73. The molecular formula is C14H14N2O3S. The summed E-state index contributed by atoms with van der Waals surface area (Å²) in [5, 5.41) is 10.4. The maximum absolute atomic E-state index is 11.4. The molecule has 2 aromatic heterocycles. The molecule has 0 spiro atoms. The molecule has 0 unspecified atom stereocenters. The second-order valence-corrected chi connectivity index (χ2v) is 5.16. The van der Waals surface area contributed by atoms with Crippen LogP contribution in [-0.2, 0) is 0 Å². The number of carboxylic acids is 1. The monoisotopic (exact) mass is 290 g/mol. The lowest BCUT2D eigenvalue weighted by atomic mass is 10.1. The van der Waals surface area contributed by atoms with Crippen LogP contribution in [0.1, 0.15) is 21.6 Å². The highest BCUT2D eigenvalue weighted by molar-refractivity contribution is 7.99. The van der Waals surface area contributed by atoms with Crippen molar-refractivity contribution in [3.8, 4) is 5.75 Å². The van der Waals surface area contributed by atoms with E-state index in [0.29, 0.717) is 21.4 Å². The van der Waals surface area contributed by atoms with Crippen molar-refractivity contribution in [2.45, 2.75) is 23.9 Å². The van der Waals surface area contributed by atoms with Gasteiger partial charge >= 0.3 is 5.97 Å². The van der Waals surface area contributed by atoms with Crippen LogP contribution < -0.4 is 4.74 Å². The van der Waals surface area contributed by atoms with E-state index in [1.807, 2.05) is 6.92 Å². The van der Waals surface area contributed by atoms with Crippen LogP contribution in [-0.4, -0.2) is 28.2 Å². The van der Waals surface area contributed by atoms with Crippen LogP contribution in [0.5, 0.6) is 5.75 Å². The first-order valence-electron chi connectivity index (χ1n) is 5.91. The highest BCUT2D eigenvalue weighted by Gasteiger charge is 2.18. The molecule has 2 rings (SSSR count). The summed E-state index contributed by atoms with van der Waals surface area (Å²) in [5.41, 5.74) is 1.65. The molecule has 0 bridgehead atoms. The number of hydrogen-bond acceptors (Lipinski definition) is 5. The van der Waals surface area contributed by atoms with E-state index in [0.717, 1.165) is 5.69 Å². The molecule has 0 aliphatic heterocycles. The third-order valence-corrected chi connectivity index (χ3v) is 3.66. The van der Waals surface area contributed by atoms with Gasteiger partial charge in [0.1, 0.15) is 10.1 Å². The van der Waals surface area contributed by atoms with E-state index in [9.17, 15) is 9.90 Å². The number of methoxy groups -OCH3 is 1. The van der Waals surface area contributed by atoms with Crippen molar-refractivity contribution in [2.24, 2.45) is 0 Å². The Morgan fingerprint density at radius 3 is 2.75 bits per heavy atom. The summed E-state index contributed by atoms with van der Waals surface area (Å²) in [6, 6.07) is 5.29. The normalized spacial score (nSPS) is 10.3. The summed E-state index contributed by atoms with van der Waals surface area (Å²) in [6.45, 7) is 3.59. The first kappa shape index (κ1) is 14.3. The Morgan fingerprint density at radius 1 is 1.35 bits per heavy atom. The van der Waals surface area contributed by atoms with Gasteiger partial charge < -0.3 is 9.84 Å². The predicted octanol–water partition coefficient (Wildman–Crippen LogP) is 2.95. The van der Waals surface area contributed by atoms with Crippen molar-refractivity contribution in [1.82, 2.24) is 9.97 Å². The Bertz CT molecular complexity index is 659. The summed E-state index contributed by atoms with van der Waals surface area (Å²) in [5.74, 6) is -0.401. The smallest absolute Gasteiger partial charge is 0.338 e. The van der Waals surface area contributed by atoms with Gasteiger partial charge in [-0.05, 0) is 49.4 Å². The van der Waals surface area contributed by atoms with Crippen molar-refractivity contribution >= 4 is 17.7 Å². The number of aromatic carboxylic acids is 1. The number of aryl methyl sites for hydroxylation is 2. The molecule has 2 aromatic rings. The number of carbonyl (C=O) groups is 1. The fourth-order valence-electron chi connectivity index (χ4n) is 1.84. The standard InChI is InChI=1S/C14H14N2O3S/c1-8-7-9(2)16-13(11(8)14(17)18)20-12-10(19-3)5-4-6-15-12/h4-7H,1-3H3,(H,17,18). The molecule has 0 atom stereocenters. The molecule has 0 aliphatic carbocycles. The number of ether oxygens (including phenoxy) is 1. The second kappa shape index (κ2) is 5.92. The van der Waals surface area contributed by atoms with E-state index >= 15 is 0 Å². The Hall–Kier alpha value is -2.08. The van der Waals surface area contributed by atoms with Crippen LogP contribution >= 0.6 is 11.8 Å². The minimum absolute atomic E-state index is 0.202. The number of nitrogens with zero attached hydrogens (tertiary/aromatic N) is 2. The molecule has 5 nitrogen and oxygen atoms in total. The SMILES string of the molecule is COc1cccnc1Sc1nc(C)cc(C)c1C(=O)O. The van der Waals surface area contributed by atoms with Gasteiger partial charge in [0.15, 0.2) is 5.75 Å². The second-order valence-electron chi connectivity index (χ2n) is 4.18. The Kier molecular flexibility index (Phi) is 4.24. The van der Waals surface area contributed by atoms with Gasteiger partial charge in [-0.25, -0.2) is 14.8 Å². The van der Waals surface area contributed by atoms with Gasteiger partial charge in [0.05, 0.1) is 12.7 Å². The van der Waals surface area contributed by atoms with E-state index < -0.39 is 5.97 Å². The lowest BCUT2D eigenvalue weighted by molar-refractivity contribution is 0.0691. The van der Waals surface area contributed by atoms with Gasteiger partial charge in [0, 0.05) is 11.9 Å². The van der Waals surface area contributed by atoms with E-state index in [1.54, 1.807) is 38.4 Å². The van der Waals surface area contributed by atoms with E-state index in [4.69, 9.17) is 4.74 Å². The number of pyridine rings is 2. The summed E-state index contributed by atoms with van der Waals surface area (Å²) >= 11 is 1.19.